The fourth-order valence-corrected chi connectivity index (χ4v) is 4.00. The van der Waals surface area contributed by atoms with Gasteiger partial charge in [0, 0.05) is 25.3 Å². The molecule has 0 radical (unpaired) electrons. The lowest BCUT2D eigenvalue weighted by atomic mass is 10.1. The van der Waals surface area contributed by atoms with E-state index in [0.29, 0.717) is 18.3 Å². The maximum Gasteiger partial charge on any atom is 0.268 e. The van der Waals surface area contributed by atoms with Gasteiger partial charge in [-0.05, 0) is 30.4 Å². The van der Waals surface area contributed by atoms with Crippen molar-refractivity contribution in [2.45, 2.75) is 32.0 Å². The van der Waals surface area contributed by atoms with Crippen LogP contribution in [0.1, 0.15) is 24.2 Å². The van der Waals surface area contributed by atoms with Crippen LogP contribution in [-0.4, -0.2) is 41.4 Å². The second-order valence-corrected chi connectivity index (χ2v) is 7.56. The molecule has 0 spiro atoms. The molecule has 1 fully saturated rings. The molecule has 3 heterocycles. The molecule has 1 aliphatic rings. The van der Waals surface area contributed by atoms with E-state index in [9.17, 15) is 0 Å². The van der Waals surface area contributed by atoms with E-state index in [1.54, 1.807) is 18.4 Å². The fraction of sp³-hybridized carbons (Fsp3) is 0.400. The lowest BCUT2D eigenvalue weighted by Crippen LogP contribution is -2.32. The van der Waals surface area contributed by atoms with E-state index in [2.05, 4.69) is 21.1 Å². The molecule has 1 saturated heterocycles. The molecule has 4 rings (SSSR count). The van der Waals surface area contributed by atoms with Gasteiger partial charge in [-0.1, -0.05) is 29.4 Å². The van der Waals surface area contributed by atoms with E-state index in [-0.39, 0.29) is 6.10 Å². The Hall–Kier alpha value is -2.22. The van der Waals surface area contributed by atoms with Gasteiger partial charge >= 0.3 is 0 Å². The standard InChI is InChI=1S/C20H23N3O3S/c1-24-17-8-3-2-6-15(17)12-23(13-16-7-4-10-25-16)14-19-21-20(26-22-19)18-9-5-11-27-18/h2-3,5-6,8-9,11,16H,4,7,10,12-14H2,1H3/t16-/m0/s1. The third-order valence-corrected chi connectivity index (χ3v) is 5.50. The van der Waals surface area contributed by atoms with E-state index >= 15 is 0 Å². The largest absolute Gasteiger partial charge is 0.496 e. The summed E-state index contributed by atoms with van der Waals surface area (Å²) >= 11 is 1.60. The summed E-state index contributed by atoms with van der Waals surface area (Å²) in [6.07, 6.45) is 2.47. The number of thiophene rings is 1. The quantitative estimate of drug-likeness (QED) is 0.584. The van der Waals surface area contributed by atoms with E-state index in [1.165, 1.54) is 0 Å². The van der Waals surface area contributed by atoms with Crippen LogP contribution in [0.3, 0.4) is 0 Å². The zero-order valence-electron chi connectivity index (χ0n) is 15.3. The van der Waals surface area contributed by atoms with Gasteiger partial charge in [-0.2, -0.15) is 4.98 Å². The van der Waals surface area contributed by atoms with Crippen LogP contribution in [0.15, 0.2) is 46.3 Å². The number of aromatic nitrogens is 2. The lowest BCUT2D eigenvalue weighted by molar-refractivity contribution is 0.0664. The number of nitrogens with zero attached hydrogens (tertiary/aromatic N) is 3. The molecule has 142 valence electrons. The van der Waals surface area contributed by atoms with Crippen molar-refractivity contribution in [3.8, 4) is 16.5 Å². The Morgan fingerprint density at radius 1 is 1.22 bits per heavy atom. The van der Waals surface area contributed by atoms with E-state index in [4.69, 9.17) is 14.0 Å². The van der Waals surface area contributed by atoms with Gasteiger partial charge in [-0.25, -0.2) is 0 Å². The van der Waals surface area contributed by atoms with E-state index in [1.807, 2.05) is 35.7 Å². The summed E-state index contributed by atoms with van der Waals surface area (Å²) in [5.74, 6) is 2.16. The first-order valence-corrected chi connectivity index (χ1v) is 10.0. The SMILES string of the molecule is COc1ccccc1CN(Cc1noc(-c2cccs2)n1)C[C@@H]1CCCO1. The number of benzene rings is 1. The van der Waals surface area contributed by atoms with Gasteiger partial charge in [0.2, 0.25) is 0 Å². The number of rotatable bonds is 8. The van der Waals surface area contributed by atoms with Crippen LogP contribution >= 0.6 is 11.3 Å². The number of methoxy groups -OCH3 is 1. The second kappa shape index (κ2) is 8.65. The molecule has 0 amide bonds. The average Bonchev–Trinajstić information content (AvgIpc) is 3.44. The number of ether oxygens (including phenoxy) is 2. The molecule has 0 unspecified atom stereocenters. The van der Waals surface area contributed by atoms with Crippen molar-refractivity contribution in [3.63, 3.8) is 0 Å². The fourth-order valence-electron chi connectivity index (χ4n) is 3.35. The summed E-state index contributed by atoms with van der Waals surface area (Å²) < 4.78 is 16.8. The molecule has 2 aromatic heterocycles. The first-order valence-electron chi connectivity index (χ1n) is 9.14. The van der Waals surface area contributed by atoms with Crippen LogP contribution in [0.25, 0.3) is 10.8 Å². The summed E-state index contributed by atoms with van der Waals surface area (Å²) in [6, 6.07) is 12.1. The highest BCUT2D eigenvalue weighted by Gasteiger charge is 2.22. The average molecular weight is 385 g/mol. The first-order chi connectivity index (χ1) is 13.3. The van der Waals surface area contributed by atoms with Crippen LogP contribution in [0.5, 0.6) is 5.75 Å². The van der Waals surface area contributed by atoms with Crippen LogP contribution in [-0.2, 0) is 17.8 Å². The molecule has 0 N–H and O–H groups in total. The molecule has 6 nitrogen and oxygen atoms in total. The van der Waals surface area contributed by atoms with Crippen molar-refractivity contribution in [2.24, 2.45) is 0 Å². The van der Waals surface area contributed by atoms with Gasteiger partial charge in [0.15, 0.2) is 5.82 Å². The summed E-state index contributed by atoms with van der Waals surface area (Å²) in [6.45, 7) is 3.03. The Balaban J connectivity index is 1.50. The van der Waals surface area contributed by atoms with Gasteiger partial charge in [-0.15, -0.1) is 11.3 Å². The number of hydrogen-bond acceptors (Lipinski definition) is 7. The van der Waals surface area contributed by atoms with Gasteiger partial charge in [0.25, 0.3) is 5.89 Å². The molecule has 27 heavy (non-hydrogen) atoms. The molecule has 1 aromatic carbocycles. The van der Waals surface area contributed by atoms with Crippen molar-refractivity contribution < 1.29 is 14.0 Å². The van der Waals surface area contributed by atoms with E-state index in [0.717, 1.165) is 48.7 Å². The summed E-state index contributed by atoms with van der Waals surface area (Å²) in [4.78, 5) is 7.86. The first kappa shape index (κ1) is 18.2. The van der Waals surface area contributed by atoms with Crippen molar-refractivity contribution in [1.82, 2.24) is 15.0 Å². The molecular weight excluding hydrogens is 362 g/mol. The number of hydrogen-bond donors (Lipinski definition) is 0. The minimum atomic E-state index is 0.253. The van der Waals surface area contributed by atoms with Crippen molar-refractivity contribution >= 4 is 11.3 Å². The van der Waals surface area contributed by atoms with Crippen LogP contribution in [0, 0.1) is 0 Å². The maximum absolute atomic E-state index is 5.84. The number of para-hydroxylation sites is 1. The summed E-state index contributed by atoms with van der Waals surface area (Å²) in [5.41, 5.74) is 1.14. The van der Waals surface area contributed by atoms with Gasteiger partial charge < -0.3 is 14.0 Å². The van der Waals surface area contributed by atoms with Gasteiger partial charge in [0.05, 0.1) is 24.6 Å². The predicted molar refractivity (Wildman–Crippen MR) is 104 cm³/mol. The highest BCUT2D eigenvalue weighted by atomic mass is 32.1. The zero-order chi connectivity index (χ0) is 18.5. The van der Waals surface area contributed by atoms with Crippen molar-refractivity contribution in [1.29, 1.82) is 0 Å². The van der Waals surface area contributed by atoms with Crippen molar-refractivity contribution in [2.75, 3.05) is 20.3 Å². The maximum atomic E-state index is 5.84. The van der Waals surface area contributed by atoms with Gasteiger partial charge in [0.1, 0.15) is 5.75 Å². The highest BCUT2D eigenvalue weighted by Crippen LogP contribution is 2.25. The Morgan fingerprint density at radius 3 is 2.93 bits per heavy atom. The summed E-state index contributed by atoms with van der Waals surface area (Å²) in [5, 5.41) is 6.18. The minimum absolute atomic E-state index is 0.253. The summed E-state index contributed by atoms with van der Waals surface area (Å²) in [7, 11) is 1.70. The molecule has 1 atom stereocenters. The van der Waals surface area contributed by atoms with Gasteiger partial charge in [-0.3, -0.25) is 4.90 Å². The molecule has 7 heteroatoms. The molecule has 3 aromatic rings. The topological polar surface area (TPSA) is 60.6 Å². The molecular formula is C20H23N3O3S. The normalized spacial score (nSPS) is 16.9. The third kappa shape index (κ3) is 4.55. The Kier molecular flexibility index (Phi) is 5.81. The highest BCUT2D eigenvalue weighted by molar-refractivity contribution is 7.13. The Bertz CT molecular complexity index is 844. The van der Waals surface area contributed by atoms with E-state index < -0.39 is 0 Å². The van der Waals surface area contributed by atoms with Crippen LogP contribution < -0.4 is 4.74 Å². The predicted octanol–water partition coefficient (Wildman–Crippen LogP) is 3.99. The Labute approximate surface area is 162 Å². The second-order valence-electron chi connectivity index (χ2n) is 6.61. The monoisotopic (exact) mass is 385 g/mol. The van der Waals surface area contributed by atoms with Crippen molar-refractivity contribution in [3.05, 3.63) is 53.2 Å². The Morgan fingerprint density at radius 2 is 2.15 bits per heavy atom. The lowest BCUT2D eigenvalue weighted by Gasteiger charge is -2.24. The smallest absolute Gasteiger partial charge is 0.268 e. The van der Waals surface area contributed by atoms with Crippen LogP contribution in [0.4, 0.5) is 0 Å². The van der Waals surface area contributed by atoms with Crippen LogP contribution in [0.2, 0.25) is 0 Å². The molecule has 0 saturated carbocycles. The molecule has 0 bridgehead atoms. The third-order valence-electron chi connectivity index (χ3n) is 4.64. The zero-order valence-corrected chi connectivity index (χ0v) is 16.2. The molecule has 0 aliphatic carbocycles. The molecule has 1 aliphatic heterocycles. The minimum Gasteiger partial charge on any atom is -0.496 e.